The molecule has 6 nitrogen and oxygen atoms in total. The Morgan fingerprint density at radius 1 is 1.30 bits per heavy atom. The first-order chi connectivity index (χ1) is 12.8. The molecule has 1 aromatic carbocycles. The van der Waals surface area contributed by atoms with Crippen molar-refractivity contribution in [1.82, 2.24) is 15.5 Å². The second kappa shape index (κ2) is 11.4. The molecule has 0 atom stereocenters. The van der Waals surface area contributed by atoms with Gasteiger partial charge in [-0.3, -0.25) is 9.79 Å². The Labute approximate surface area is 179 Å². The van der Waals surface area contributed by atoms with Crippen molar-refractivity contribution < 1.29 is 9.53 Å². The van der Waals surface area contributed by atoms with Crippen LogP contribution in [0.25, 0.3) is 0 Å². The zero-order valence-corrected chi connectivity index (χ0v) is 18.5. The summed E-state index contributed by atoms with van der Waals surface area (Å²) in [6.45, 7) is 7.02. The number of fused-ring (bicyclic) bond motifs is 1. The fourth-order valence-corrected chi connectivity index (χ4v) is 3.46. The molecular weight excluding hydrogens is 455 g/mol. The third-order valence-corrected chi connectivity index (χ3v) is 4.83. The number of nitrogens with one attached hydrogen (secondary N) is 2. The standard InChI is InChI=1S/C20H30N4O2.HI/c1-2-21-20(22-10-4-13-24-12-3-5-19(24)25)23-11-8-16-6-7-18-17(15-16)9-14-26-18;/h6-7,15H,2-5,8-14H2,1H3,(H2,21,22,23);1H. The van der Waals surface area contributed by atoms with E-state index in [1.807, 2.05) is 4.90 Å². The lowest BCUT2D eigenvalue weighted by Gasteiger charge is -2.15. The predicted molar refractivity (Wildman–Crippen MR) is 119 cm³/mol. The van der Waals surface area contributed by atoms with E-state index in [-0.39, 0.29) is 24.0 Å². The van der Waals surface area contributed by atoms with Gasteiger partial charge in [-0.1, -0.05) is 12.1 Å². The summed E-state index contributed by atoms with van der Waals surface area (Å²) >= 11 is 0. The van der Waals surface area contributed by atoms with Gasteiger partial charge in [0.25, 0.3) is 0 Å². The Kier molecular flexibility index (Phi) is 9.17. The van der Waals surface area contributed by atoms with Gasteiger partial charge < -0.3 is 20.3 Å². The number of halogens is 1. The van der Waals surface area contributed by atoms with Crippen LogP contribution in [0.1, 0.15) is 37.3 Å². The summed E-state index contributed by atoms with van der Waals surface area (Å²) in [5.41, 5.74) is 2.64. The molecule has 2 aliphatic rings. The number of hydrogen-bond acceptors (Lipinski definition) is 3. The van der Waals surface area contributed by atoms with Gasteiger partial charge in [-0.2, -0.15) is 0 Å². The summed E-state index contributed by atoms with van der Waals surface area (Å²) in [6, 6.07) is 6.47. The number of carbonyl (C=O) groups is 1. The summed E-state index contributed by atoms with van der Waals surface area (Å²) < 4.78 is 5.56. The van der Waals surface area contributed by atoms with Crippen LogP contribution < -0.4 is 15.4 Å². The van der Waals surface area contributed by atoms with E-state index in [0.29, 0.717) is 12.3 Å². The Hall–Kier alpha value is -1.51. The smallest absolute Gasteiger partial charge is 0.222 e. The average Bonchev–Trinajstić information content (AvgIpc) is 3.27. The van der Waals surface area contributed by atoms with Crippen LogP contribution in [0.4, 0.5) is 0 Å². The zero-order chi connectivity index (χ0) is 18.2. The van der Waals surface area contributed by atoms with Crippen LogP contribution in [0, 0.1) is 0 Å². The fourth-order valence-electron chi connectivity index (χ4n) is 3.46. The van der Waals surface area contributed by atoms with Crippen molar-refractivity contribution in [3.63, 3.8) is 0 Å². The van der Waals surface area contributed by atoms with Crippen molar-refractivity contribution in [3.8, 4) is 5.75 Å². The van der Waals surface area contributed by atoms with E-state index < -0.39 is 0 Å². The van der Waals surface area contributed by atoms with Crippen LogP contribution in [0.15, 0.2) is 23.2 Å². The van der Waals surface area contributed by atoms with E-state index in [1.54, 1.807) is 0 Å². The third kappa shape index (κ3) is 6.55. The highest BCUT2D eigenvalue weighted by Gasteiger charge is 2.18. The van der Waals surface area contributed by atoms with Crippen LogP contribution >= 0.6 is 24.0 Å². The molecule has 2 aliphatic heterocycles. The van der Waals surface area contributed by atoms with Gasteiger partial charge in [0.2, 0.25) is 5.91 Å². The molecule has 27 heavy (non-hydrogen) atoms. The van der Waals surface area contributed by atoms with Crippen LogP contribution in [0.5, 0.6) is 5.75 Å². The molecule has 150 valence electrons. The minimum Gasteiger partial charge on any atom is -0.493 e. The van der Waals surface area contributed by atoms with Gasteiger partial charge in [0, 0.05) is 45.6 Å². The molecule has 3 rings (SSSR count). The largest absolute Gasteiger partial charge is 0.493 e. The first kappa shape index (κ1) is 21.8. The molecule has 0 spiro atoms. The lowest BCUT2D eigenvalue weighted by molar-refractivity contribution is -0.127. The monoisotopic (exact) mass is 486 g/mol. The zero-order valence-electron chi connectivity index (χ0n) is 16.1. The molecule has 7 heteroatoms. The van der Waals surface area contributed by atoms with Crippen molar-refractivity contribution >= 4 is 35.8 Å². The number of benzene rings is 1. The second-order valence-electron chi connectivity index (χ2n) is 6.82. The molecule has 2 N–H and O–H groups in total. The number of rotatable bonds is 8. The molecule has 0 aromatic heterocycles. The molecule has 2 heterocycles. The van der Waals surface area contributed by atoms with Gasteiger partial charge >= 0.3 is 0 Å². The van der Waals surface area contributed by atoms with Gasteiger partial charge in [0.15, 0.2) is 5.96 Å². The van der Waals surface area contributed by atoms with Gasteiger partial charge in [0.05, 0.1) is 6.61 Å². The first-order valence-electron chi connectivity index (χ1n) is 9.81. The quantitative estimate of drug-likeness (QED) is 0.256. The lowest BCUT2D eigenvalue weighted by Crippen LogP contribution is -2.38. The van der Waals surface area contributed by atoms with Crippen LogP contribution in [-0.4, -0.2) is 56.1 Å². The van der Waals surface area contributed by atoms with Gasteiger partial charge in [-0.15, -0.1) is 24.0 Å². The highest BCUT2D eigenvalue weighted by molar-refractivity contribution is 14.0. The Morgan fingerprint density at radius 3 is 2.96 bits per heavy atom. The number of likely N-dealkylation sites (tertiary alicyclic amines) is 1. The summed E-state index contributed by atoms with van der Waals surface area (Å²) in [6.07, 6.45) is 4.59. The minimum absolute atomic E-state index is 0. The molecule has 1 fully saturated rings. The van der Waals surface area contributed by atoms with E-state index in [9.17, 15) is 4.79 Å². The number of nitrogens with zero attached hydrogens (tertiary/aromatic N) is 2. The Bertz CT molecular complexity index is 651. The predicted octanol–water partition coefficient (Wildman–Crippen LogP) is 2.35. The third-order valence-electron chi connectivity index (χ3n) is 4.83. The number of carbonyl (C=O) groups excluding carboxylic acids is 1. The number of aliphatic imine (C=N–C) groups is 1. The van der Waals surface area contributed by atoms with E-state index >= 15 is 0 Å². The van der Waals surface area contributed by atoms with Crippen molar-refractivity contribution in [2.24, 2.45) is 4.99 Å². The molecule has 1 saturated heterocycles. The normalized spacial score (nSPS) is 16.0. The second-order valence-corrected chi connectivity index (χ2v) is 6.82. The highest BCUT2D eigenvalue weighted by Crippen LogP contribution is 2.25. The summed E-state index contributed by atoms with van der Waals surface area (Å²) in [5, 5.41) is 6.69. The van der Waals surface area contributed by atoms with Crippen molar-refractivity contribution in [2.45, 2.75) is 39.0 Å². The maximum Gasteiger partial charge on any atom is 0.222 e. The van der Waals surface area contributed by atoms with E-state index in [4.69, 9.17) is 4.74 Å². The van der Waals surface area contributed by atoms with E-state index in [1.165, 1.54) is 11.1 Å². The summed E-state index contributed by atoms with van der Waals surface area (Å²) in [4.78, 5) is 18.2. The highest BCUT2D eigenvalue weighted by atomic mass is 127. The lowest BCUT2D eigenvalue weighted by atomic mass is 10.1. The maximum atomic E-state index is 11.6. The van der Waals surface area contributed by atoms with Gasteiger partial charge in [-0.25, -0.2) is 0 Å². The maximum absolute atomic E-state index is 11.6. The summed E-state index contributed by atoms with van der Waals surface area (Å²) in [7, 11) is 0. The van der Waals surface area contributed by atoms with Gasteiger partial charge in [0.1, 0.15) is 5.75 Å². The molecule has 0 radical (unpaired) electrons. The average molecular weight is 486 g/mol. The van der Waals surface area contributed by atoms with Crippen molar-refractivity contribution in [3.05, 3.63) is 29.3 Å². The Balaban J connectivity index is 0.00000261. The number of guanidine groups is 1. The van der Waals surface area contributed by atoms with Crippen LogP contribution in [0.2, 0.25) is 0 Å². The fraction of sp³-hybridized carbons (Fsp3) is 0.600. The Morgan fingerprint density at radius 2 is 2.19 bits per heavy atom. The van der Waals surface area contributed by atoms with E-state index in [0.717, 1.165) is 76.7 Å². The SMILES string of the molecule is CCNC(=NCCCN1CCCC1=O)NCCc1ccc2c(c1)CCO2.I. The van der Waals surface area contributed by atoms with E-state index in [2.05, 4.69) is 40.7 Å². The van der Waals surface area contributed by atoms with Crippen molar-refractivity contribution in [2.75, 3.05) is 39.3 Å². The van der Waals surface area contributed by atoms with Gasteiger partial charge in [-0.05, 0) is 43.4 Å². The topological polar surface area (TPSA) is 66.0 Å². The number of hydrogen-bond donors (Lipinski definition) is 2. The molecule has 0 unspecified atom stereocenters. The molecule has 1 amide bonds. The molecule has 0 bridgehead atoms. The van der Waals surface area contributed by atoms with Crippen LogP contribution in [0.3, 0.4) is 0 Å². The first-order valence-corrected chi connectivity index (χ1v) is 9.81. The molecule has 0 aliphatic carbocycles. The van der Waals surface area contributed by atoms with Crippen LogP contribution in [-0.2, 0) is 17.6 Å². The summed E-state index contributed by atoms with van der Waals surface area (Å²) in [5.74, 6) is 2.18. The molecule has 1 aromatic rings. The minimum atomic E-state index is 0. The van der Waals surface area contributed by atoms with Crippen molar-refractivity contribution in [1.29, 1.82) is 0 Å². The number of amides is 1. The molecule has 0 saturated carbocycles. The number of ether oxygens (including phenoxy) is 1. The molecular formula is C20H31IN4O2.